The number of aliphatic hydroxyl groups excluding tert-OH is 1. The van der Waals surface area contributed by atoms with Crippen LogP contribution in [-0.2, 0) is 14.4 Å². The number of aliphatic carboxylic acids is 1. The summed E-state index contributed by atoms with van der Waals surface area (Å²) < 4.78 is -0.755. The Hall–Kier alpha value is -1.54. The van der Waals surface area contributed by atoms with Crippen LogP contribution >= 0.6 is 11.8 Å². The zero-order valence-corrected chi connectivity index (χ0v) is 19.6. The van der Waals surface area contributed by atoms with Crippen molar-refractivity contribution >= 4 is 29.5 Å². The van der Waals surface area contributed by atoms with Crippen molar-refractivity contribution in [2.24, 2.45) is 17.8 Å². The number of amides is 2. The highest BCUT2D eigenvalue weighted by Gasteiger charge is 2.76. The number of rotatable bonds is 11. The first-order valence-corrected chi connectivity index (χ1v) is 12.4. The summed E-state index contributed by atoms with van der Waals surface area (Å²) in [4.78, 5) is 43.2. The van der Waals surface area contributed by atoms with Gasteiger partial charge in [-0.1, -0.05) is 39.7 Å². The monoisotopic (exact) mass is 452 g/mol. The van der Waals surface area contributed by atoms with Gasteiger partial charge in [0.1, 0.15) is 6.04 Å². The minimum absolute atomic E-state index is 0.0448. The second-order valence-corrected chi connectivity index (χ2v) is 10.7. The van der Waals surface area contributed by atoms with Crippen LogP contribution in [0.25, 0.3) is 0 Å². The standard InChI is InChI=1S/C23H36N2O5S/c1-5-8-9-11-24(10-6-2)21(28)19-23-14(4)12-16(31-23)17(22(29)30)18(23)20(27)25(19)15(7-3)13-26/h6,14-19,26H,2,5,7-13H2,1,3-4H3,(H,29,30)/t14?,15-,16+,17-,18-,19?,23?/m0/s1. The van der Waals surface area contributed by atoms with Gasteiger partial charge in [-0.2, -0.15) is 0 Å². The molecule has 8 heteroatoms. The Morgan fingerprint density at radius 1 is 1.39 bits per heavy atom. The van der Waals surface area contributed by atoms with Crippen molar-refractivity contribution in [3.63, 3.8) is 0 Å². The zero-order chi connectivity index (χ0) is 22.9. The Morgan fingerprint density at radius 3 is 2.65 bits per heavy atom. The molecule has 3 saturated heterocycles. The highest BCUT2D eigenvalue weighted by molar-refractivity contribution is 8.02. The van der Waals surface area contributed by atoms with Crippen LogP contribution in [0.5, 0.6) is 0 Å². The number of unbranched alkanes of at least 4 members (excludes halogenated alkanes) is 2. The molecule has 0 aliphatic carbocycles. The summed E-state index contributed by atoms with van der Waals surface area (Å²) in [6.45, 7) is 10.6. The van der Waals surface area contributed by atoms with Gasteiger partial charge in [0, 0.05) is 18.3 Å². The topological polar surface area (TPSA) is 98.2 Å². The molecule has 3 heterocycles. The molecule has 2 bridgehead atoms. The fraction of sp³-hybridized carbons (Fsp3) is 0.783. The van der Waals surface area contributed by atoms with Gasteiger partial charge in [-0.15, -0.1) is 18.3 Å². The van der Waals surface area contributed by atoms with Gasteiger partial charge in [-0.3, -0.25) is 14.4 Å². The number of nitrogens with zero attached hydrogens (tertiary/aromatic N) is 2. The molecule has 0 radical (unpaired) electrons. The third-order valence-electron chi connectivity index (χ3n) is 7.47. The molecule has 31 heavy (non-hydrogen) atoms. The Morgan fingerprint density at radius 2 is 2.10 bits per heavy atom. The Kier molecular flexibility index (Phi) is 7.41. The molecule has 174 valence electrons. The van der Waals surface area contributed by atoms with Gasteiger partial charge in [0.2, 0.25) is 11.8 Å². The van der Waals surface area contributed by atoms with E-state index in [0.29, 0.717) is 25.9 Å². The Balaban J connectivity index is 2.07. The van der Waals surface area contributed by atoms with E-state index in [1.54, 1.807) is 27.6 Å². The largest absolute Gasteiger partial charge is 0.481 e. The van der Waals surface area contributed by atoms with Crippen LogP contribution < -0.4 is 0 Å². The van der Waals surface area contributed by atoms with E-state index in [1.807, 2.05) is 13.8 Å². The van der Waals surface area contributed by atoms with E-state index in [-0.39, 0.29) is 29.6 Å². The van der Waals surface area contributed by atoms with Crippen LogP contribution in [0.4, 0.5) is 0 Å². The second-order valence-electron chi connectivity index (χ2n) is 9.16. The molecule has 7 atom stereocenters. The summed E-state index contributed by atoms with van der Waals surface area (Å²) in [7, 11) is 0. The number of aliphatic hydroxyl groups is 1. The predicted molar refractivity (Wildman–Crippen MR) is 121 cm³/mol. The molecule has 2 N–H and O–H groups in total. The van der Waals surface area contributed by atoms with Crippen LogP contribution in [0, 0.1) is 17.8 Å². The Labute approximate surface area is 189 Å². The van der Waals surface area contributed by atoms with Gasteiger partial charge < -0.3 is 20.0 Å². The first-order valence-electron chi connectivity index (χ1n) is 11.5. The number of carbonyl (C=O) groups is 3. The van der Waals surface area contributed by atoms with Crippen molar-refractivity contribution in [2.75, 3.05) is 19.7 Å². The molecule has 3 aliphatic rings. The molecule has 3 rings (SSSR count). The number of hydrogen-bond acceptors (Lipinski definition) is 5. The van der Waals surface area contributed by atoms with Crippen molar-refractivity contribution < 1.29 is 24.6 Å². The SMILES string of the molecule is C=CCN(CCCCC)C(=O)C1N([C@@H](CC)CO)C(=O)[C@@H]2[C@@H](C(=O)O)[C@H]3CC(C)C12S3. The first-order chi connectivity index (χ1) is 14.8. The fourth-order valence-electron chi connectivity index (χ4n) is 6.00. The predicted octanol–water partition coefficient (Wildman–Crippen LogP) is 2.38. The van der Waals surface area contributed by atoms with Crippen LogP contribution in [0.1, 0.15) is 52.9 Å². The van der Waals surface area contributed by atoms with E-state index < -0.39 is 34.6 Å². The molecule has 1 spiro atoms. The normalized spacial score (nSPS) is 34.6. The van der Waals surface area contributed by atoms with E-state index in [4.69, 9.17) is 0 Å². The first kappa shape index (κ1) is 24.1. The average Bonchev–Trinajstić information content (AvgIpc) is 3.32. The smallest absolute Gasteiger partial charge is 0.308 e. The quantitative estimate of drug-likeness (QED) is 0.369. The summed E-state index contributed by atoms with van der Waals surface area (Å²) >= 11 is 1.54. The third kappa shape index (κ3) is 3.69. The molecule has 3 aliphatic heterocycles. The minimum atomic E-state index is -0.958. The van der Waals surface area contributed by atoms with Gasteiger partial charge in [0.15, 0.2) is 0 Å². The Bertz CT molecular complexity index is 727. The van der Waals surface area contributed by atoms with Crippen LogP contribution in [0.3, 0.4) is 0 Å². The molecular formula is C23H36N2O5S. The summed E-state index contributed by atoms with van der Waals surface area (Å²) in [5.74, 6) is -2.83. The maximum Gasteiger partial charge on any atom is 0.308 e. The van der Waals surface area contributed by atoms with Crippen LogP contribution in [0.2, 0.25) is 0 Å². The maximum absolute atomic E-state index is 14.0. The van der Waals surface area contributed by atoms with Gasteiger partial charge in [-0.05, 0) is 25.2 Å². The van der Waals surface area contributed by atoms with Gasteiger partial charge in [0.05, 0.1) is 29.2 Å². The number of fused-ring (bicyclic) bond motifs is 1. The van der Waals surface area contributed by atoms with E-state index in [1.165, 1.54) is 0 Å². The van der Waals surface area contributed by atoms with Gasteiger partial charge in [0.25, 0.3) is 0 Å². The lowest BCUT2D eigenvalue weighted by molar-refractivity contribution is -0.150. The number of hydrogen-bond donors (Lipinski definition) is 2. The number of carboxylic acids is 1. The number of carboxylic acid groups (broad SMARTS) is 1. The highest BCUT2D eigenvalue weighted by atomic mass is 32.2. The van der Waals surface area contributed by atoms with Crippen molar-refractivity contribution in [1.82, 2.24) is 9.80 Å². The molecule has 0 aromatic rings. The van der Waals surface area contributed by atoms with Crippen molar-refractivity contribution in [2.45, 2.75) is 75.0 Å². The summed E-state index contributed by atoms with van der Waals surface area (Å²) in [6.07, 6.45) is 5.81. The summed E-state index contributed by atoms with van der Waals surface area (Å²) in [5.41, 5.74) is 0. The maximum atomic E-state index is 14.0. The van der Waals surface area contributed by atoms with Crippen molar-refractivity contribution in [1.29, 1.82) is 0 Å². The molecule has 2 amide bonds. The number of carbonyl (C=O) groups excluding carboxylic acids is 2. The second kappa shape index (κ2) is 9.53. The molecule has 0 aromatic carbocycles. The summed E-state index contributed by atoms with van der Waals surface area (Å²) in [6, 6.07) is -1.25. The average molecular weight is 453 g/mol. The number of likely N-dealkylation sites (tertiary alicyclic amines) is 1. The summed E-state index contributed by atoms with van der Waals surface area (Å²) in [5, 5.41) is 19.8. The molecule has 3 fully saturated rings. The minimum Gasteiger partial charge on any atom is -0.481 e. The lowest BCUT2D eigenvalue weighted by atomic mass is 9.66. The van der Waals surface area contributed by atoms with Crippen LogP contribution in [0.15, 0.2) is 12.7 Å². The van der Waals surface area contributed by atoms with E-state index in [0.717, 1.165) is 19.3 Å². The van der Waals surface area contributed by atoms with E-state index in [9.17, 15) is 24.6 Å². The lowest BCUT2D eigenvalue weighted by Gasteiger charge is -2.41. The van der Waals surface area contributed by atoms with Crippen molar-refractivity contribution in [3.05, 3.63) is 12.7 Å². The van der Waals surface area contributed by atoms with E-state index >= 15 is 0 Å². The van der Waals surface area contributed by atoms with E-state index in [2.05, 4.69) is 13.5 Å². The van der Waals surface area contributed by atoms with Crippen LogP contribution in [-0.4, -0.2) is 79.6 Å². The molecule has 0 saturated carbocycles. The highest BCUT2D eigenvalue weighted by Crippen LogP contribution is 2.68. The molecule has 3 unspecified atom stereocenters. The zero-order valence-electron chi connectivity index (χ0n) is 18.8. The van der Waals surface area contributed by atoms with Gasteiger partial charge in [-0.25, -0.2) is 0 Å². The third-order valence-corrected chi connectivity index (χ3v) is 9.55. The molecular weight excluding hydrogens is 416 g/mol. The number of thioether (sulfide) groups is 1. The lowest BCUT2D eigenvalue weighted by Crippen LogP contribution is -2.59. The fourth-order valence-corrected chi connectivity index (χ4v) is 8.40. The van der Waals surface area contributed by atoms with Gasteiger partial charge >= 0.3 is 5.97 Å². The molecule has 7 nitrogen and oxygen atoms in total. The van der Waals surface area contributed by atoms with Crippen molar-refractivity contribution in [3.8, 4) is 0 Å². The molecule has 0 aromatic heterocycles.